The summed E-state index contributed by atoms with van der Waals surface area (Å²) in [4.78, 5) is 26.1. The van der Waals surface area contributed by atoms with Crippen molar-refractivity contribution in [1.82, 2.24) is 5.01 Å². The second-order valence-electron chi connectivity index (χ2n) is 11.5. The molecule has 0 aromatic rings. The van der Waals surface area contributed by atoms with Crippen LogP contribution in [0.4, 0.5) is 0 Å². The third-order valence-electron chi connectivity index (χ3n) is 10.2. The molecule has 3 saturated carbocycles. The fourth-order valence-corrected chi connectivity index (χ4v) is 8.65. The van der Waals surface area contributed by atoms with Gasteiger partial charge in [-0.2, -0.15) is 9.60 Å². The molecule has 1 saturated heterocycles. The van der Waals surface area contributed by atoms with Gasteiger partial charge in [-0.3, -0.25) is 4.79 Å². The van der Waals surface area contributed by atoms with E-state index in [4.69, 9.17) is 0 Å². The molecule has 1 heterocycles. The van der Waals surface area contributed by atoms with Crippen molar-refractivity contribution in [3.05, 3.63) is 0 Å². The first-order valence-electron chi connectivity index (χ1n) is 12.4. The van der Waals surface area contributed by atoms with Crippen LogP contribution in [0.2, 0.25) is 0 Å². The number of unbranched alkanes of at least 4 members (excludes halogenated alkanes) is 1. The largest absolute Gasteiger partial charge is 0.338 e. The van der Waals surface area contributed by atoms with E-state index in [0.717, 1.165) is 43.4 Å². The van der Waals surface area contributed by atoms with Gasteiger partial charge in [0.05, 0.1) is 20.0 Å². The van der Waals surface area contributed by atoms with Gasteiger partial charge in [-0.1, -0.05) is 33.6 Å². The molecule has 7 atom stereocenters. The van der Waals surface area contributed by atoms with Gasteiger partial charge in [0.15, 0.2) is 0 Å². The van der Waals surface area contributed by atoms with Crippen LogP contribution in [0.1, 0.15) is 98.3 Å². The topological polar surface area (TPSA) is 37.4 Å². The summed E-state index contributed by atoms with van der Waals surface area (Å²) in [7, 11) is 2.07. The average Bonchev–Trinajstić information content (AvgIpc) is 3.07. The molecule has 0 bridgehead atoms. The lowest BCUT2D eigenvalue weighted by Crippen LogP contribution is -2.75. The molecule has 0 aromatic heterocycles. The predicted molar refractivity (Wildman–Crippen MR) is 116 cm³/mol. The smallest absolute Gasteiger partial charge is 0.270 e. The van der Waals surface area contributed by atoms with Crippen LogP contribution in [0.15, 0.2) is 0 Å². The van der Waals surface area contributed by atoms with Crippen LogP contribution in [0.3, 0.4) is 0 Å². The first-order valence-corrected chi connectivity index (χ1v) is 12.4. The summed E-state index contributed by atoms with van der Waals surface area (Å²) < 4.78 is 0.247. The van der Waals surface area contributed by atoms with Crippen LogP contribution in [0, 0.1) is 28.6 Å². The highest BCUT2D eigenvalue weighted by molar-refractivity contribution is 5.76. The highest BCUT2D eigenvalue weighted by atomic mass is 16.2. The van der Waals surface area contributed by atoms with Gasteiger partial charge in [0, 0.05) is 18.8 Å². The lowest BCUT2D eigenvalue weighted by Gasteiger charge is -2.63. The molecule has 3 aliphatic carbocycles. The highest BCUT2D eigenvalue weighted by Gasteiger charge is 2.66. The van der Waals surface area contributed by atoms with Crippen molar-refractivity contribution < 1.29 is 14.2 Å². The van der Waals surface area contributed by atoms with Gasteiger partial charge in [-0.15, -0.1) is 0 Å². The summed E-state index contributed by atoms with van der Waals surface area (Å²) in [6, 6.07) is 0.261. The van der Waals surface area contributed by atoms with Gasteiger partial charge in [0.2, 0.25) is 0 Å². The van der Waals surface area contributed by atoms with Gasteiger partial charge >= 0.3 is 5.91 Å². The number of amides is 2. The van der Waals surface area contributed by atoms with Crippen LogP contribution in [-0.2, 0) is 9.59 Å². The summed E-state index contributed by atoms with van der Waals surface area (Å²) >= 11 is 0. The zero-order chi connectivity index (χ0) is 21.0. The van der Waals surface area contributed by atoms with Crippen molar-refractivity contribution in [3.63, 3.8) is 0 Å². The molecule has 0 spiro atoms. The molecule has 0 N–H and O–H groups in total. The standard InChI is InChI=1S/C25H43N2O2/c1-6-7-17-26(18(2)28)27(5)22-11-10-19-20-9-8-14-24(20,3)15-12-21(19)25(22,4)16-13-23(27)29/h19-22H,6-17H2,1-5H3/q+1/t19-,20-,21-,22+,24-,25+,27?/m0/s1. The van der Waals surface area contributed by atoms with Crippen molar-refractivity contribution in [2.24, 2.45) is 28.6 Å². The SMILES string of the molecule is CCCCN(C(C)=O)[N+]1(C)C(=O)CC[C@@]2(C)[C@H]1CC[C@H]1[C@@H]3CCC[C@@]3(C)CC[C@@H]12. The predicted octanol–water partition coefficient (Wildman–Crippen LogP) is 5.32. The van der Waals surface area contributed by atoms with E-state index in [-0.39, 0.29) is 27.9 Å². The minimum absolute atomic E-state index is 0.0627. The van der Waals surface area contributed by atoms with Gasteiger partial charge in [-0.05, 0) is 68.1 Å². The van der Waals surface area contributed by atoms with E-state index in [9.17, 15) is 9.59 Å². The number of carbonyl (C=O) groups is 2. The van der Waals surface area contributed by atoms with Gasteiger partial charge in [0.1, 0.15) is 6.04 Å². The van der Waals surface area contributed by atoms with Crippen molar-refractivity contribution in [2.45, 2.75) is 104 Å². The Morgan fingerprint density at radius 3 is 2.55 bits per heavy atom. The second kappa shape index (κ2) is 7.35. The normalized spacial score (nSPS) is 46.6. The number of quaternary nitrogens is 1. The van der Waals surface area contributed by atoms with Gasteiger partial charge in [-0.25, -0.2) is 4.79 Å². The molecular weight excluding hydrogens is 360 g/mol. The van der Waals surface area contributed by atoms with E-state index in [1.165, 1.54) is 38.5 Å². The molecule has 1 aliphatic heterocycles. The maximum absolute atomic E-state index is 13.4. The van der Waals surface area contributed by atoms with E-state index in [2.05, 4.69) is 27.8 Å². The first-order chi connectivity index (χ1) is 13.7. The zero-order valence-corrected chi connectivity index (χ0v) is 19.5. The van der Waals surface area contributed by atoms with E-state index in [0.29, 0.717) is 18.4 Å². The lowest BCUT2D eigenvalue weighted by atomic mass is 9.47. The summed E-state index contributed by atoms with van der Waals surface area (Å²) in [6.45, 7) is 9.58. The molecule has 2 amide bonds. The van der Waals surface area contributed by atoms with Crippen molar-refractivity contribution in [1.29, 1.82) is 0 Å². The molecule has 4 nitrogen and oxygen atoms in total. The Morgan fingerprint density at radius 1 is 1.10 bits per heavy atom. The fraction of sp³-hybridized carbons (Fsp3) is 0.920. The summed E-state index contributed by atoms with van der Waals surface area (Å²) in [5.74, 6) is 2.77. The number of likely N-dealkylation sites (tertiary alicyclic amines) is 1. The first kappa shape index (κ1) is 21.3. The molecule has 164 valence electrons. The van der Waals surface area contributed by atoms with Crippen molar-refractivity contribution >= 4 is 11.8 Å². The lowest BCUT2D eigenvalue weighted by molar-refractivity contribution is -0.973. The molecule has 0 aromatic carbocycles. The van der Waals surface area contributed by atoms with E-state index < -0.39 is 0 Å². The Hall–Kier alpha value is -0.900. The maximum Gasteiger partial charge on any atom is 0.338 e. The molecule has 4 rings (SSSR count). The number of rotatable bonds is 4. The number of fused-ring (bicyclic) bond motifs is 5. The third kappa shape index (κ3) is 3.03. The van der Waals surface area contributed by atoms with E-state index in [1.54, 1.807) is 6.92 Å². The fourth-order valence-electron chi connectivity index (χ4n) is 8.65. The second-order valence-corrected chi connectivity index (χ2v) is 11.5. The van der Waals surface area contributed by atoms with Crippen LogP contribution >= 0.6 is 0 Å². The van der Waals surface area contributed by atoms with Crippen LogP contribution < -0.4 is 0 Å². The van der Waals surface area contributed by atoms with Gasteiger partial charge in [0.25, 0.3) is 5.91 Å². The molecule has 0 radical (unpaired) electrons. The average molecular weight is 404 g/mol. The third-order valence-corrected chi connectivity index (χ3v) is 10.2. The minimum Gasteiger partial charge on any atom is -0.270 e. The number of hydrogen-bond donors (Lipinski definition) is 0. The Morgan fingerprint density at radius 2 is 1.86 bits per heavy atom. The molecule has 4 aliphatic rings. The monoisotopic (exact) mass is 403 g/mol. The number of hydrogen-bond acceptors (Lipinski definition) is 2. The van der Waals surface area contributed by atoms with Crippen LogP contribution in [0.25, 0.3) is 0 Å². The zero-order valence-electron chi connectivity index (χ0n) is 19.5. The Labute approximate surface area is 177 Å². The number of piperidine rings is 1. The highest BCUT2D eigenvalue weighted by Crippen LogP contribution is 2.65. The van der Waals surface area contributed by atoms with E-state index in [1.807, 2.05) is 5.01 Å². The summed E-state index contributed by atoms with van der Waals surface area (Å²) in [6.07, 6.45) is 13.0. The van der Waals surface area contributed by atoms with Crippen LogP contribution in [-0.4, -0.2) is 41.0 Å². The Kier molecular flexibility index (Phi) is 5.41. The molecular formula is C25H43N2O2+. The summed E-state index contributed by atoms with van der Waals surface area (Å²) in [5, 5.41) is 1.93. The minimum atomic E-state index is 0.0627. The quantitative estimate of drug-likeness (QED) is 0.596. The van der Waals surface area contributed by atoms with Crippen LogP contribution in [0.5, 0.6) is 0 Å². The molecule has 4 heteroatoms. The van der Waals surface area contributed by atoms with E-state index >= 15 is 0 Å². The molecule has 29 heavy (non-hydrogen) atoms. The number of nitrogens with zero attached hydrogens (tertiary/aromatic N) is 2. The van der Waals surface area contributed by atoms with Crippen molar-refractivity contribution in [3.8, 4) is 0 Å². The van der Waals surface area contributed by atoms with Crippen molar-refractivity contribution in [2.75, 3.05) is 13.6 Å². The number of carbonyl (C=O) groups excluding carboxylic acids is 2. The molecule has 4 fully saturated rings. The Bertz CT molecular complexity index is 678. The Balaban J connectivity index is 1.68. The maximum atomic E-state index is 13.4. The molecule has 1 unspecified atom stereocenters. The van der Waals surface area contributed by atoms with Gasteiger partial charge < -0.3 is 0 Å². The summed E-state index contributed by atoms with van der Waals surface area (Å²) in [5.41, 5.74) is 0.745.